The van der Waals surface area contributed by atoms with Crippen molar-refractivity contribution in [3.8, 4) is 0 Å². The van der Waals surface area contributed by atoms with E-state index in [0.29, 0.717) is 0 Å². The summed E-state index contributed by atoms with van der Waals surface area (Å²) in [7, 11) is 3.11. The molecule has 0 aromatic carbocycles. The van der Waals surface area contributed by atoms with E-state index in [1.54, 1.807) is 0 Å². The fourth-order valence-corrected chi connectivity index (χ4v) is 0. The third kappa shape index (κ3) is 23.0. The van der Waals surface area contributed by atoms with Gasteiger partial charge in [-0.25, -0.2) is 0 Å². The summed E-state index contributed by atoms with van der Waals surface area (Å²) in [5, 5.41) is 0. The first-order chi connectivity index (χ1) is 1.00. The van der Waals surface area contributed by atoms with Crippen molar-refractivity contribution in [2.45, 2.75) is 0 Å². The molecule has 0 saturated carbocycles. The topological polar surface area (TPSA) is 0 Å². The normalized spacial score (nSPS) is 0.800. The summed E-state index contributed by atoms with van der Waals surface area (Å²) in [4.78, 5) is 0. The molecule has 0 aromatic rings. The standard InChI is InChI=1S/Li.PS.H4Si.Sn.2H/c;1-2;;;;/h;;1H4;;;. The second kappa shape index (κ2) is 35.5. The van der Waals surface area contributed by atoms with Crippen molar-refractivity contribution in [1.82, 2.24) is 0 Å². The van der Waals surface area contributed by atoms with E-state index in [1.165, 1.54) is 0 Å². The summed E-state index contributed by atoms with van der Waals surface area (Å²) in [6.07, 6.45) is 0. The quantitative estimate of drug-likeness (QED) is 0.341. The Morgan fingerprint density at radius 1 is 1.20 bits per heavy atom. The van der Waals surface area contributed by atoms with Crippen LogP contribution in [0.1, 0.15) is 0 Å². The third-order valence-corrected chi connectivity index (χ3v) is 0. The first-order valence-electron chi connectivity index (χ1n) is 0.183. The summed E-state index contributed by atoms with van der Waals surface area (Å²) >= 11 is 3.78. The zero-order chi connectivity index (χ0) is 2.00. The molecule has 0 aliphatic carbocycles. The van der Waals surface area contributed by atoms with Crippen LogP contribution in [-0.2, 0) is 11.8 Å². The molecule has 0 aliphatic rings. The van der Waals surface area contributed by atoms with Crippen molar-refractivity contribution in [2.75, 3.05) is 0 Å². The van der Waals surface area contributed by atoms with Gasteiger partial charge in [-0.15, -0.1) is 0 Å². The molecule has 0 unspecified atom stereocenters. The van der Waals surface area contributed by atoms with Crippen LogP contribution in [0, 0.1) is 0 Å². The fourth-order valence-electron chi connectivity index (χ4n) is 0. The fraction of sp³-hybridized carbons (Fsp3) is 0. The van der Waals surface area contributed by atoms with Gasteiger partial charge in [0, 0.05) is 26.9 Å². The summed E-state index contributed by atoms with van der Waals surface area (Å²) in [6.45, 7) is 0. The molecule has 0 spiro atoms. The molecule has 0 bridgehead atoms. The van der Waals surface area contributed by atoms with Crippen LogP contribution in [0.4, 0.5) is 0 Å². The van der Waals surface area contributed by atoms with Crippen molar-refractivity contribution < 1.29 is 0 Å². The minimum absolute atomic E-state index is 0. The van der Waals surface area contributed by atoms with E-state index in [4.69, 9.17) is 0 Å². The van der Waals surface area contributed by atoms with Crippen LogP contribution in [0.15, 0.2) is 0 Å². The van der Waals surface area contributed by atoms with Gasteiger partial charge in [0.2, 0.25) is 0 Å². The van der Waals surface area contributed by atoms with Crippen molar-refractivity contribution in [1.29, 1.82) is 0 Å². The third-order valence-electron chi connectivity index (χ3n) is 0. The zero-order valence-electron chi connectivity index (χ0n) is 2.56. The van der Waals surface area contributed by atoms with Crippen molar-refractivity contribution >= 4 is 73.6 Å². The minimum atomic E-state index is 0. The Morgan fingerprint density at radius 2 is 1.20 bits per heavy atom. The molecule has 0 aliphatic heterocycles. The van der Waals surface area contributed by atoms with Crippen LogP contribution in [0.5, 0.6) is 0 Å². The van der Waals surface area contributed by atoms with E-state index in [0.717, 1.165) is 0 Å². The van der Waals surface area contributed by atoms with Crippen LogP contribution in [-0.4, -0.2) is 53.7 Å². The molecule has 5 heteroatoms. The number of hydrogen-bond acceptors (Lipinski definition) is 1. The van der Waals surface area contributed by atoms with Gasteiger partial charge in [-0.1, -0.05) is 0 Å². The molecule has 0 nitrogen and oxygen atoms in total. The molecule has 0 N–H and O–H groups in total. The molecule has 4 radical (unpaired) electrons. The van der Waals surface area contributed by atoms with Gasteiger partial charge in [-0.2, -0.15) is 0 Å². The summed E-state index contributed by atoms with van der Waals surface area (Å²) in [5.41, 5.74) is 0. The number of hydrogen-bond donors (Lipinski definition) is 0. The SMILES string of the molecule is [Li].[P]=S.[SiH4].[SnH2]. The van der Waals surface area contributed by atoms with Gasteiger partial charge in [0.1, 0.15) is 0 Å². The molecular weight excluding hydrogens is 217 g/mol. The van der Waals surface area contributed by atoms with Crippen LogP contribution in [0.3, 0.4) is 0 Å². The molecule has 0 amide bonds. The van der Waals surface area contributed by atoms with Crippen LogP contribution in [0.25, 0.3) is 0 Å². The Hall–Kier alpha value is 2.13. The Kier molecular flexibility index (Phi) is 194. The molecule has 0 atom stereocenters. The predicted octanol–water partition coefficient (Wildman–Crippen LogP) is -1.89. The van der Waals surface area contributed by atoms with E-state index in [9.17, 15) is 0 Å². The van der Waals surface area contributed by atoms with Crippen LogP contribution < -0.4 is 0 Å². The summed E-state index contributed by atoms with van der Waals surface area (Å²) in [5.74, 6) is 0. The average Bonchev–Trinajstić information content (AvgIpc) is 1.00. The second-order valence-electron chi connectivity index (χ2n) is 0. The monoisotopic (exact) mass is 224 g/mol. The Labute approximate surface area is 72.9 Å². The van der Waals surface area contributed by atoms with Gasteiger partial charge in [0.05, 0.1) is 0 Å². The van der Waals surface area contributed by atoms with Crippen molar-refractivity contribution in [3.63, 3.8) is 0 Å². The number of rotatable bonds is 0. The average molecular weight is 223 g/mol. The maximum atomic E-state index is 3.78. The molecular formula is H6LiPSSiSn. The molecule has 0 heterocycles. The molecule has 0 fully saturated rings. The van der Waals surface area contributed by atoms with Crippen molar-refractivity contribution in [3.05, 3.63) is 0 Å². The predicted molar refractivity (Wildman–Crippen MR) is 39.9 cm³/mol. The van der Waals surface area contributed by atoms with Gasteiger partial charge in [-0.3, -0.25) is 0 Å². The molecule has 0 rings (SSSR count). The Morgan fingerprint density at radius 3 is 1.20 bits per heavy atom. The van der Waals surface area contributed by atoms with E-state index in [-0.39, 0.29) is 53.7 Å². The van der Waals surface area contributed by atoms with Crippen LogP contribution in [0.2, 0.25) is 0 Å². The first-order valence-corrected chi connectivity index (χ1v) is 1.64. The van der Waals surface area contributed by atoms with E-state index < -0.39 is 0 Å². The Balaban J connectivity index is -0.00000000167. The van der Waals surface area contributed by atoms with Gasteiger partial charge in [0.15, 0.2) is 0 Å². The van der Waals surface area contributed by atoms with Crippen LogP contribution >= 0.6 is 8.02 Å². The molecule has 5 heavy (non-hydrogen) atoms. The molecule has 0 aromatic heterocycles. The molecule has 26 valence electrons. The maximum absolute atomic E-state index is 3.78. The van der Waals surface area contributed by atoms with Gasteiger partial charge in [0.25, 0.3) is 0 Å². The van der Waals surface area contributed by atoms with Gasteiger partial charge < -0.3 is 0 Å². The summed E-state index contributed by atoms with van der Waals surface area (Å²) < 4.78 is 0. The zero-order valence-corrected chi connectivity index (χ0v) is 8.31. The summed E-state index contributed by atoms with van der Waals surface area (Å²) in [6, 6.07) is 0. The van der Waals surface area contributed by atoms with Gasteiger partial charge in [-0.05, 0) is 22.8 Å². The van der Waals surface area contributed by atoms with E-state index in [1.807, 2.05) is 0 Å². The van der Waals surface area contributed by atoms with Crippen molar-refractivity contribution in [2.24, 2.45) is 0 Å². The van der Waals surface area contributed by atoms with E-state index >= 15 is 0 Å². The molecule has 0 saturated heterocycles. The second-order valence-corrected chi connectivity index (χ2v) is 0. The Bertz CT molecular complexity index is 11.6. The van der Waals surface area contributed by atoms with E-state index in [2.05, 4.69) is 19.8 Å². The first kappa shape index (κ1) is 27.3. The van der Waals surface area contributed by atoms with Gasteiger partial charge >= 0.3 is 23.9 Å².